The fourth-order valence-corrected chi connectivity index (χ4v) is 1.88. The number of benzene rings is 1. The van der Waals surface area contributed by atoms with E-state index in [2.05, 4.69) is 0 Å². The molecule has 6 nitrogen and oxygen atoms in total. The third-order valence-corrected chi connectivity index (χ3v) is 2.68. The number of ketones is 1. The third-order valence-electron chi connectivity index (χ3n) is 2.68. The van der Waals surface area contributed by atoms with Crippen molar-refractivity contribution in [2.75, 3.05) is 21.3 Å². The number of methoxy groups -OCH3 is 3. The van der Waals surface area contributed by atoms with Gasteiger partial charge in [0.15, 0.2) is 17.6 Å². The molecule has 1 aliphatic rings. The number of hydrogen-bond acceptors (Lipinski definition) is 6. The Morgan fingerprint density at radius 3 is 2.39 bits per heavy atom. The maximum Gasteiger partial charge on any atom is 0.383 e. The Balaban J connectivity index is 2.66. The lowest BCUT2D eigenvalue weighted by Gasteiger charge is -2.24. The van der Waals surface area contributed by atoms with Crippen LogP contribution >= 0.6 is 0 Å². The Morgan fingerprint density at radius 2 is 1.83 bits per heavy atom. The van der Waals surface area contributed by atoms with Crippen molar-refractivity contribution in [1.82, 2.24) is 0 Å². The van der Waals surface area contributed by atoms with Crippen LogP contribution in [0.1, 0.15) is 11.7 Å². The van der Waals surface area contributed by atoms with E-state index >= 15 is 0 Å². The lowest BCUT2D eigenvalue weighted by molar-refractivity contribution is -0.154. The fraction of sp³-hybridized carbons (Fsp3) is 0.333. The van der Waals surface area contributed by atoms with Gasteiger partial charge >= 0.3 is 5.97 Å². The summed E-state index contributed by atoms with van der Waals surface area (Å²) in [4.78, 5) is 23.0. The van der Waals surface area contributed by atoms with Crippen molar-refractivity contribution in [3.8, 4) is 17.2 Å². The highest BCUT2D eigenvalue weighted by Gasteiger charge is 2.39. The quantitative estimate of drug-likeness (QED) is 0.452. The highest BCUT2D eigenvalue weighted by molar-refractivity contribution is 6.37. The van der Waals surface area contributed by atoms with Crippen LogP contribution in [0.4, 0.5) is 0 Å². The molecule has 0 saturated heterocycles. The zero-order valence-electron chi connectivity index (χ0n) is 10.2. The summed E-state index contributed by atoms with van der Waals surface area (Å²) in [6.45, 7) is 0. The van der Waals surface area contributed by atoms with Gasteiger partial charge < -0.3 is 18.9 Å². The van der Waals surface area contributed by atoms with E-state index in [9.17, 15) is 9.59 Å². The first-order chi connectivity index (χ1) is 8.63. The van der Waals surface area contributed by atoms with Gasteiger partial charge in [-0.05, 0) is 12.1 Å². The van der Waals surface area contributed by atoms with Crippen LogP contribution in [0.5, 0.6) is 17.2 Å². The number of Topliss-reactive ketones (excluding diaryl/α,β-unsaturated/α-hetero) is 1. The molecule has 6 heteroatoms. The molecule has 2 rings (SSSR count). The molecule has 0 spiro atoms. The van der Waals surface area contributed by atoms with Crippen LogP contribution in [0.25, 0.3) is 0 Å². The molecule has 0 amide bonds. The van der Waals surface area contributed by atoms with Gasteiger partial charge in [-0.3, -0.25) is 4.79 Å². The van der Waals surface area contributed by atoms with Crippen LogP contribution in [-0.2, 0) is 14.3 Å². The van der Waals surface area contributed by atoms with E-state index in [-0.39, 0.29) is 5.75 Å². The van der Waals surface area contributed by atoms with Crippen LogP contribution < -0.4 is 14.2 Å². The van der Waals surface area contributed by atoms with Crippen molar-refractivity contribution in [3.63, 3.8) is 0 Å². The molecule has 0 aromatic heterocycles. The fourth-order valence-electron chi connectivity index (χ4n) is 1.88. The molecular formula is C12H12O6. The van der Waals surface area contributed by atoms with Gasteiger partial charge in [0, 0.05) is 7.11 Å². The summed E-state index contributed by atoms with van der Waals surface area (Å²) in [6, 6.07) is 3.13. The number of carbonyl (C=O) groups excluding carboxylic acids is 2. The van der Waals surface area contributed by atoms with Gasteiger partial charge in [0.1, 0.15) is 5.75 Å². The number of carbonyl (C=O) groups is 2. The Hall–Kier alpha value is -2.08. The largest absolute Gasteiger partial charge is 0.493 e. The Kier molecular flexibility index (Phi) is 3.20. The van der Waals surface area contributed by atoms with Crippen LogP contribution in [0.2, 0.25) is 0 Å². The zero-order valence-corrected chi connectivity index (χ0v) is 10.2. The number of fused-ring (bicyclic) bond motifs is 1. The van der Waals surface area contributed by atoms with Crippen LogP contribution in [0.15, 0.2) is 12.1 Å². The van der Waals surface area contributed by atoms with Gasteiger partial charge in [0.25, 0.3) is 5.78 Å². The average molecular weight is 252 g/mol. The molecule has 1 aromatic rings. The van der Waals surface area contributed by atoms with Gasteiger partial charge in [-0.25, -0.2) is 4.79 Å². The summed E-state index contributed by atoms with van der Waals surface area (Å²) in [6.07, 6.45) is -1.04. The monoisotopic (exact) mass is 252 g/mol. The number of rotatable bonds is 3. The standard InChI is InChI=1S/C12H12O6/c1-15-7-5-4-6-8(10(7)16-2)11(17-3)9(13)12(14)18-6/h4-5,11H,1-3H3. The molecule has 1 unspecified atom stereocenters. The summed E-state index contributed by atoms with van der Waals surface area (Å²) in [5.41, 5.74) is 0.365. The zero-order chi connectivity index (χ0) is 13.3. The Labute approximate surface area is 103 Å². The third kappa shape index (κ3) is 1.70. The van der Waals surface area contributed by atoms with E-state index < -0.39 is 17.9 Å². The van der Waals surface area contributed by atoms with Crippen LogP contribution in [0.3, 0.4) is 0 Å². The van der Waals surface area contributed by atoms with E-state index in [4.69, 9.17) is 18.9 Å². The minimum atomic E-state index is -1.04. The molecule has 0 radical (unpaired) electrons. The first-order valence-corrected chi connectivity index (χ1v) is 5.17. The van der Waals surface area contributed by atoms with Crippen LogP contribution in [0, 0.1) is 0 Å². The van der Waals surface area contributed by atoms with Crippen LogP contribution in [-0.4, -0.2) is 33.1 Å². The second-order valence-corrected chi connectivity index (χ2v) is 3.58. The maximum atomic E-state index is 11.7. The number of hydrogen-bond donors (Lipinski definition) is 0. The van der Waals surface area contributed by atoms with E-state index in [1.165, 1.54) is 27.4 Å². The first-order valence-electron chi connectivity index (χ1n) is 5.17. The molecule has 0 fully saturated rings. The lowest BCUT2D eigenvalue weighted by atomic mass is 10.00. The Morgan fingerprint density at radius 1 is 1.11 bits per heavy atom. The molecule has 0 bridgehead atoms. The lowest BCUT2D eigenvalue weighted by Crippen LogP contribution is -2.33. The predicted molar refractivity (Wildman–Crippen MR) is 59.9 cm³/mol. The van der Waals surface area contributed by atoms with Gasteiger partial charge in [-0.15, -0.1) is 0 Å². The smallest absolute Gasteiger partial charge is 0.383 e. The molecule has 18 heavy (non-hydrogen) atoms. The first kappa shape index (κ1) is 12.4. The molecule has 96 valence electrons. The molecule has 1 atom stereocenters. The van der Waals surface area contributed by atoms with Crippen molar-refractivity contribution in [2.24, 2.45) is 0 Å². The second-order valence-electron chi connectivity index (χ2n) is 3.58. The second kappa shape index (κ2) is 4.66. The van der Waals surface area contributed by atoms with E-state index in [1.807, 2.05) is 0 Å². The topological polar surface area (TPSA) is 71.1 Å². The Bertz CT molecular complexity index is 508. The van der Waals surface area contributed by atoms with Crippen molar-refractivity contribution >= 4 is 11.8 Å². The molecule has 0 saturated carbocycles. The molecular weight excluding hydrogens is 240 g/mol. The van der Waals surface area contributed by atoms with Crippen molar-refractivity contribution < 1.29 is 28.5 Å². The van der Waals surface area contributed by atoms with Gasteiger partial charge in [-0.1, -0.05) is 0 Å². The van der Waals surface area contributed by atoms with Crippen molar-refractivity contribution in [3.05, 3.63) is 17.7 Å². The molecule has 1 heterocycles. The number of ether oxygens (including phenoxy) is 4. The normalized spacial score (nSPS) is 18.1. The van der Waals surface area contributed by atoms with Crippen molar-refractivity contribution in [1.29, 1.82) is 0 Å². The minimum Gasteiger partial charge on any atom is -0.493 e. The highest BCUT2D eigenvalue weighted by atomic mass is 16.6. The summed E-state index contributed by atoms with van der Waals surface area (Å²) in [5, 5.41) is 0. The molecule has 0 N–H and O–H groups in total. The highest BCUT2D eigenvalue weighted by Crippen LogP contribution is 2.44. The van der Waals surface area contributed by atoms with E-state index in [1.54, 1.807) is 6.07 Å². The van der Waals surface area contributed by atoms with Gasteiger partial charge in [0.05, 0.1) is 19.8 Å². The predicted octanol–water partition coefficient (Wildman–Crippen LogP) is 0.879. The maximum absolute atomic E-state index is 11.7. The SMILES string of the molecule is COc1ccc2c(c1OC)C(OC)C(=O)C(=O)O2. The van der Waals surface area contributed by atoms with Gasteiger partial charge in [0.2, 0.25) is 0 Å². The summed E-state index contributed by atoms with van der Waals surface area (Å²) < 4.78 is 20.3. The summed E-state index contributed by atoms with van der Waals surface area (Å²) in [5.74, 6) is -0.714. The molecule has 1 aromatic carbocycles. The van der Waals surface area contributed by atoms with E-state index in [0.717, 1.165) is 0 Å². The summed E-state index contributed by atoms with van der Waals surface area (Å²) in [7, 11) is 4.25. The van der Waals surface area contributed by atoms with E-state index in [0.29, 0.717) is 17.1 Å². The van der Waals surface area contributed by atoms with Gasteiger partial charge in [-0.2, -0.15) is 0 Å². The molecule has 1 aliphatic heterocycles. The number of esters is 1. The minimum absolute atomic E-state index is 0.240. The summed E-state index contributed by atoms with van der Waals surface area (Å²) >= 11 is 0. The molecule has 0 aliphatic carbocycles. The van der Waals surface area contributed by atoms with Crippen molar-refractivity contribution in [2.45, 2.75) is 6.10 Å². The average Bonchev–Trinajstić information content (AvgIpc) is 2.39.